The van der Waals surface area contributed by atoms with E-state index in [4.69, 9.17) is 0 Å². The van der Waals surface area contributed by atoms with Crippen molar-refractivity contribution in [1.82, 2.24) is 15.1 Å². The molecule has 0 saturated heterocycles. The number of aromatic nitrogens is 2. The lowest BCUT2D eigenvalue weighted by atomic mass is 10.2. The average Bonchev–Trinajstić information content (AvgIpc) is 2.88. The first-order valence-electron chi connectivity index (χ1n) is 6.59. The van der Waals surface area contributed by atoms with Gasteiger partial charge in [-0.25, -0.2) is 0 Å². The lowest BCUT2D eigenvalue weighted by Crippen LogP contribution is -2.15. The van der Waals surface area contributed by atoms with Crippen LogP contribution in [0, 0.1) is 13.8 Å². The minimum atomic E-state index is 0.858. The number of hydrogen-bond donors (Lipinski definition) is 1. The van der Waals surface area contributed by atoms with Gasteiger partial charge in [0.2, 0.25) is 0 Å². The van der Waals surface area contributed by atoms with Gasteiger partial charge in [-0.3, -0.25) is 4.68 Å². The fourth-order valence-electron chi connectivity index (χ4n) is 2.12. The van der Waals surface area contributed by atoms with Crippen LogP contribution in [0.4, 0.5) is 0 Å². The highest BCUT2D eigenvalue weighted by molar-refractivity contribution is 9.11. The molecule has 0 saturated carbocycles. The largest absolute Gasteiger partial charge is 0.313 e. The Morgan fingerprint density at radius 3 is 2.79 bits per heavy atom. The Hall–Kier alpha value is -0.650. The molecule has 2 aromatic rings. The Kier molecular flexibility index (Phi) is 5.19. The van der Waals surface area contributed by atoms with E-state index < -0.39 is 0 Å². The van der Waals surface area contributed by atoms with Crippen LogP contribution >= 0.6 is 27.3 Å². The van der Waals surface area contributed by atoms with E-state index in [-0.39, 0.29) is 0 Å². The Morgan fingerprint density at radius 1 is 1.37 bits per heavy atom. The van der Waals surface area contributed by atoms with E-state index in [0.29, 0.717) is 0 Å². The molecule has 3 nitrogen and oxygen atoms in total. The summed E-state index contributed by atoms with van der Waals surface area (Å²) in [5, 5.41) is 8.12. The van der Waals surface area contributed by atoms with Crippen molar-refractivity contribution in [2.45, 2.75) is 40.3 Å². The number of nitrogens with one attached hydrogen (secondary N) is 1. The maximum atomic E-state index is 4.66. The topological polar surface area (TPSA) is 29.9 Å². The highest BCUT2D eigenvalue weighted by Gasteiger charge is 2.11. The van der Waals surface area contributed by atoms with Crippen molar-refractivity contribution in [3.8, 4) is 0 Å². The average molecular weight is 342 g/mol. The van der Waals surface area contributed by atoms with Gasteiger partial charge in [-0.15, -0.1) is 11.3 Å². The van der Waals surface area contributed by atoms with E-state index in [1.54, 1.807) is 11.3 Å². The van der Waals surface area contributed by atoms with E-state index in [0.717, 1.165) is 31.7 Å². The van der Waals surface area contributed by atoms with E-state index in [1.165, 1.54) is 19.9 Å². The molecule has 2 aromatic heterocycles. The van der Waals surface area contributed by atoms with Crippen LogP contribution in [0.15, 0.2) is 15.9 Å². The van der Waals surface area contributed by atoms with Crippen LogP contribution in [0.25, 0.3) is 0 Å². The first kappa shape index (κ1) is 14.8. The third-order valence-electron chi connectivity index (χ3n) is 3.19. The zero-order valence-electron chi connectivity index (χ0n) is 11.7. The molecule has 0 aliphatic heterocycles. The highest BCUT2D eigenvalue weighted by Crippen LogP contribution is 2.24. The van der Waals surface area contributed by atoms with Crippen LogP contribution < -0.4 is 5.32 Å². The molecule has 5 heteroatoms. The van der Waals surface area contributed by atoms with Crippen molar-refractivity contribution in [2.75, 3.05) is 6.54 Å². The fourth-order valence-corrected chi connectivity index (χ4v) is 3.58. The summed E-state index contributed by atoms with van der Waals surface area (Å²) >= 11 is 5.27. The van der Waals surface area contributed by atoms with Crippen LogP contribution in [0.1, 0.15) is 35.2 Å². The Morgan fingerprint density at radius 2 is 2.16 bits per heavy atom. The molecular formula is C14H20BrN3S. The second kappa shape index (κ2) is 6.68. The minimum absolute atomic E-state index is 0.858. The first-order chi connectivity index (χ1) is 9.11. The molecule has 1 N–H and O–H groups in total. The molecule has 0 bridgehead atoms. The third-order valence-corrected chi connectivity index (χ3v) is 4.80. The molecule has 0 radical (unpaired) electrons. The molecule has 0 fully saturated rings. The Bertz CT molecular complexity index is 545. The van der Waals surface area contributed by atoms with Gasteiger partial charge in [-0.2, -0.15) is 5.10 Å². The van der Waals surface area contributed by atoms with Crippen molar-refractivity contribution in [3.63, 3.8) is 0 Å². The van der Waals surface area contributed by atoms with Crippen LogP contribution in [0.2, 0.25) is 0 Å². The first-order valence-corrected chi connectivity index (χ1v) is 8.20. The molecule has 104 valence electrons. The van der Waals surface area contributed by atoms with Crippen LogP contribution in [0.5, 0.6) is 0 Å². The zero-order valence-corrected chi connectivity index (χ0v) is 14.1. The van der Waals surface area contributed by atoms with Crippen LogP contribution in [0.3, 0.4) is 0 Å². The predicted molar refractivity (Wildman–Crippen MR) is 84.8 cm³/mol. The summed E-state index contributed by atoms with van der Waals surface area (Å²) in [5.74, 6) is 0. The van der Waals surface area contributed by atoms with Crippen molar-refractivity contribution < 1.29 is 0 Å². The molecule has 0 aromatic carbocycles. The van der Waals surface area contributed by atoms with Gasteiger partial charge in [0, 0.05) is 22.7 Å². The monoisotopic (exact) mass is 341 g/mol. The van der Waals surface area contributed by atoms with Gasteiger partial charge >= 0.3 is 0 Å². The van der Waals surface area contributed by atoms with Crippen molar-refractivity contribution in [1.29, 1.82) is 0 Å². The molecule has 0 atom stereocenters. The van der Waals surface area contributed by atoms with Gasteiger partial charge in [0.15, 0.2) is 0 Å². The zero-order chi connectivity index (χ0) is 13.8. The van der Waals surface area contributed by atoms with Gasteiger partial charge < -0.3 is 5.32 Å². The summed E-state index contributed by atoms with van der Waals surface area (Å²) in [4.78, 5) is 1.32. The molecule has 2 heterocycles. The standard InChI is InChI=1S/C14H20BrN3S/c1-4-7-16-8-13-10(2)17-18(11(13)3)9-12-5-6-14(15)19-12/h5-6,16H,4,7-9H2,1-3H3. The van der Waals surface area contributed by atoms with Gasteiger partial charge in [0.1, 0.15) is 0 Å². The molecule has 0 aliphatic rings. The van der Waals surface area contributed by atoms with Crippen molar-refractivity contribution in [3.05, 3.63) is 37.7 Å². The van der Waals surface area contributed by atoms with Crippen molar-refractivity contribution >= 4 is 27.3 Å². The van der Waals surface area contributed by atoms with Gasteiger partial charge in [0.25, 0.3) is 0 Å². The summed E-state index contributed by atoms with van der Waals surface area (Å²) < 4.78 is 3.28. The second-order valence-electron chi connectivity index (χ2n) is 4.69. The molecule has 2 rings (SSSR count). The fraction of sp³-hybridized carbons (Fsp3) is 0.500. The summed E-state index contributed by atoms with van der Waals surface area (Å²) in [6.07, 6.45) is 1.16. The molecular weight excluding hydrogens is 322 g/mol. The SMILES string of the molecule is CCCNCc1c(C)nn(Cc2ccc(Br)s2)c1C. The third kappa shape index (κ3) is 3.68. The van der Waals surface area contributed by atoms with E-state index in [2.05, 4.69) is 63.9 Å². The number of halogens is 1. The van der Waals surface area contributed by atoms with E-state index in [1.807, 2.05) is 0 Å². The normalized spacial score (nSPS) is 11.2. The van der Waals surface area contributed by atoms with E-state index >= 15 is 0 Å². The number of hydrogen-bond acceptors (Lipinski definition) is 3. The number of rotatable bonds is 6. The van der Waals surface area contributed by atoms with Gasteiger partial charge in [0.05, 0.1) is 16.0 Å². The number of nitrogens with zero attached hydrogens (tertiary/aromatic N) is 2. The highest BCUT2D eigenvalue weighted by atomic mass is 79.9. The Labute approximate surface area is 127 Å². The maximum absolute atomic E-state index is 4.66. The quantitative estimate of drug-likeness (QED) is 0.808. The molecule has 0 aliphatic carbocycles. The van der Waals surface area contributed by atoms with Crippen LogP contribution in [-0.4, -0.2) is 16.3 Å². The summed E-state index contributed by atoms with van der Waals surface area (Å²) in [7, 11) is 0. The lowest BCUT2D eigenvalue weighted by molar-refractivity contribution is 0.655. The number of thiophene rings is 1. The predicted octanol–water partition coefficient (Wildman–Crippen LogP) is 3.87. The smallest absolute Gasteiger partial charge is 0.0755 e. The summed E-state index contributed by atoms with van der Waals surface area (Å²) in [5.41, 5.74) is 3.74. The minimum Gasteiger partial charge on any atom is -0.313 e. The van der Waals surface area contributed by atoms with Gasteiger partial charge in [-0.1, -0.05) is 6.92 Å². The molecule has 0 unspecified atom stereocenters. The van der Waals surface area contributed by atoms with E-state index in [9.17, 15) is 0 Å². The van der Waals surface area contributed by atoms with Gasteiger partial charge in [-0.05, 0) is 54.9 Å². The van der Waals surface area contributed by atoms with Crippen LogP contribution in [-0.2, 0) is 13.1 Å². The maximum Gasteiger partial charge on any atom is 0.0755 e. The number of aryl methyl sites for hydroxylation is 1. The summed E-state index contributed by atoms with van der Waals surface area (Å²) in [6, 6.07) is 4.25. The molecule has 0 spiro atoms. The Balaban J connectivity index is 2.11. The second-order valence-corrected chi connectivity index (χ2v) is 7.24. The van der Waals surface area contributed by atoms with Crippen molar-refractivity contribution in [2.24, 2.45) is 0 Å². The lowest BCUT2D eigenvalue weighted by Gasteiger charge is -2.05. The molecule has 19 heavy (non-hydrogen) atoms. The molecule has 0 amide bonds. The summed E-state index contributed by atoms with van der Waals surface area (Å²) in [6.45, 7) is 9.27.